The Morgan fingerprint density at radius 2 is 1.68 bits per heavy atom. The van der Waals surface area contributed by atoms with Crippen molar-refractivity contribution in [2.45, 2.75) is 33.3 Å². The molecule has 1 aliphatic rings. The quantitative estimate of drug-likeness (QED) is 0.687. The maximum atomic E-state index is 6.17. The third-order valence-corrected chi connectivity index (χ3v) is 5.66. The van der Waals surface area contributed by atoms with Gasteiger partial charge in [-0.15, -0.1) is 0 Å². The Labute approximate surface area is 170 Å². The lowest BCUT2D eigenvalue weighted by atomic mass is 10.1. The lowest BCUT2D eigenvalue weighted by molar-refractivity contribution is 0.153. The first kappa shape index (κ1) is 20.7. The van der Waals surface area contributed by atoms with E-state index in [1.165, 1.54) is 55.8 Å². The van der Waals surface area contributed by atoms with Crippen molar-refractivity contribution in [3.8, 4) is 11.5 Å². The predicted molar refractivity (Wildman–Crippen MR) is 116 cm³/mol. The van der Waals surface area contributed by atoms with E-state index in [1.807, 2.05) is 0 Å². The molecule has 0 bridgehead atoms. The van der Waals surface area contributed by atoms with Crippen LogP contribution in [0.3, 0.4) is 0 Å². The van der Waals surface area contributed by atoms with Crippen LogP contribution in [0.1, 0.15) is 28.7 Å². The van der Waals surface area contributed by atoms with Gasteiger partial charge in [-0.1, -0.05) is 24.3 Å². The number of rotatable bonds is 8. The van der Waals surface area contributed by atoms with Gasteiger partial charge < -0.3 is 19.3 Å². The monoisotopic (exact) mass is 382 g/mol. The molecule has 152 valence electrons. The van der Waals surface area contributed by atoms with Crippen molar-refractivity contribution in [1.82, 2.24) is 9.80 Å². The second kappa shape index (κ2) is 9.94. The van der Waals surface area contributed by atoms with Gasteiger partial charge in [-0.2, -0.15) is 0 Å². The van der Waals surface area contributed by atoms with Crippen LogP contribution in [0.15, 0.2) is 36.4 Å². The molecule has 1 fully saturated rings. The van der Waals surface area contributed by atoms with E-state index in [2.05, 4.69) is 67.1 Å². The molecule has 1 aliphatic heterocycles. The van der Waals surface area contributed by atoms with Gasteiger partial charge in [0.1, 0.15) is 18.1 Å². The van der Waals surface area contributed by atoms with Crippen LogP contribution in [0, 0.1) is 13.8 Å². The number of likely N-dealkylation sites (N-methyl/N-ethyl adjacent to an activating group) is 1. The fourth-order valence-electron chi connectivity index (χ4n) is 3.86. The highest BCUT2D eigenvalue weighted by atomic mass is 16.5. The van der Waals surface area contributed by atoms with E-state index in [1.54, 1.807) is 7.11 Å². The summed E-state index contributed by atoms with van der Waals surface area (Å²) in [5.74, 6) is 1.87. The molecule has 0 aromatic heterocycles. The smallest absolute Gasteiger partial charge is 0.125 e. The van der Waals surface area contributed by atoms with Crippen LogP contribution >= 0.6 is 0 Å². The molecular weight excluding hydrogens is 348 g/mol. The lowest BCUT2D eigenvalue weighted by Gasteiger charge is -2.32. The second-order valence-electron chi connectivity index (χ2n) is 7.90. The molecule has 1 saturated heterocycles. The van der Waals surface area contributed by atoms with E-state index in [-0.39, 0.29) is 0 Å². The molecule has 0 aliphatic carbocycles. The third kappa shape index (κ3) is 5.49. The average molecular weight is 383 g/mol. The Morgan fingerprint density at radius 1 is 0.964 bits per heavy atom. The van der Waals surface area contributed by atoms with Crippen molar-refractivity contribution in [2.75, 3.05) is 46.9 Å². The molecule has 2 aromatic carbocycles. The molecular formula is C24H34N2O2. The predicted octanol–water partition coefficient (Wildman–Crippen LogP) is 4.07. The molecule has 0 spiro atoms. The summed E-state index contributed by atoms with van der Waals surface area (Å²) in [5, 5.41) is 0. The maximum Gasteiger partial charge on any atom is 0.125 e. The molecule has 1 heterocycles. The Morgan fingerprint density at radius 3 is 2.36 bits per heavy atom. The molecule has 4 heteroatoms. The van der Waals surface area contributed by atoms with E-state index in [0.717, 1.165) is 23.5 Å². The first-order chi connectivity index (χ1) is 13.6. The molecule has 3 rings (SSSR count). The highest BCUT2D eigenvalue weighted by Crippen LogP contribution is 2.26. The number of para-hydroxylation sites is 1. The normalized spacial score (nSPS) is 15.6. The van der Waals surface area contributed by atoms with Crippen LogP contribution in [-0.2, 0) is 13.0 Å². The van der Waals surface area contributed by atoms with Crippen molar-refractivity contribution in [1.29, 1.82) is 0 Å². The van der Waals surface area contributed by atoms with Crippen molar-refractivity contribution in [2.24, 2.45) is 0 Å². The van der Waals surface area contributed by atoms with Gasteiger partial charge in [-0.05, 0) is 69.1 Å². The zero-order valence-electron chi connectivity index (χ0n) is 17.8. The number of ether oxygens (including phenoxy) is 2. The largest absolute Gasteiger partial charge is 0.496 e. The van der Waals surface area contributed by atoms with Gasteiger partial charge in [0.25, 0.3) is 0 Å². The Balaban J connectivity index is 1.58. The van der Waals surface area contributed by atoms with Gasteiger partial charge in [-0.3, -0.25) is 0 Å². The first-order valence-corrected chi connectivity index (χ1v) is 10.3. The summed E-state index contributed by atoms with van der Waals surface area (Å²) < 4.78 is 11.7. The number of aryl methyl sites for hydroxylation is 3. The van der Waals surface area contributed by atoms with Crippen molar-refractivity contribution >= 4 is 0 Å². The molecule has 0 amide bonds. The van der Waals surface area contributed by atoms with Crippen LogP contribution in [0.4, 0.5) is 0 Å². The fourth-order valence-corrected chi connectivity index (χ4v) is 3.86. The highest BCUT2D eigenvalue weighted by Gasteiger charge is 2.13. The van der Waals surface area contributed by atoms with E-state index in [0.29, 0.717) is 6.61 Å². The van der Waals surface area contributed by atoms with E-state index in [4.69, 9.17) is 9.47 Å². The number of piperazine rings is 1. The number of hydrogen-bond donors (Lipinski definition) is 0. The Bertz CT molecular complexity index is 747. The summed E-state index contributed by atoms with van der Waals surface area (Å²) in [6, 6.07) is 12.8. The Kier molecular flexibility index (Phi) is 7.35. The van der Waals surface area contributed by atoms with Crippen molar-refractivity contribution in [3.05, 3.63) is 58.7 Å². The molecule has 0 atom stereocenters. The standard InChI is InChI=1S/C24H34N2O2/c1-19-7-5-8-20(2)24(19)28-18-22-17-21(10-11-23(22)27-4)9-6-12-26-15-13-25(3)14-16-26/h5,7-8,10-11,17H,6,9,12-16,18H2,1-4H3. The van der Waals surface area contributed by atoms with E-state index in [9.17, 15) is 0 Å². The number of benzene rings is 2. The second-order valence-corrected chi connectivity index (χ2v) is 7.90. The highest BCUT2D eigenvalue weighted by molar-refractivity contribution is 5.41. The molecule has 0 radical (unpaired) electrons. The summed E-state index contributed by atoms with van der Waals surface area (Å²) in [7, 11) is 3.93. The van der Waals surface area contributed by atoms with Gasteiger partial charge in [0.2, 0.25) is 0 Å². The molecule has 0 N–H and O–H groups in total. The molecule has 0 unspecified atom stereocenters. The lowest BCUT2D eigenvalue weighted by Crippen LogP contribution is -2.44. The molecule has 0 saturated carbocycles. The minimum atomic E-state index is 0.529. The summed E-state index contributed by atoms with van der Waals surface area (Å²) in [6.07, 6.45) is 2.28. The average Bonchev–Trinajstić information content (AvgIpc) is 2.69. The fraction of sp³-hybridized carbons (Fsp3) is 0.500. The van der Waals surface area contributed by atoms with Gasteiger partial charge in [-0.25, -0.2) is 0 Å². The van der Waals surface area contributed by atoms with Gasteiger partial charge in [0, 0.05) is 31.7 Å². The number of hydrogen-bond acceptors (Lipinski definition) is 4. The minimum absolute atomic E-state index is 0.529. The Hall–Kier alpha value is -2.04. The van der Waals surface area contributed by atoms with Crippen LogP contribution in [0.2, 0.25) is 0 Å². The molecule has 28 heavy (non-hydrogen) atoms. The van der Waals surface area contributed by atoms with Crippen LogP contribution < -0.4 is 9.47 Å². The third-order valence-electron chi connectivity index (χ3n) is 5.66. The zero-order valence-corrected chi connectivity index (χ0v) is 17.8. The van der Waals surface area contributed by atoms with E-state index >= 15 is 0 Å². The van der Waals surface area contributed by atoms with Crippen molar-refractivity contribution < 1.29 is 9.47 Å². The molecule has 2 aromatic rings. The summed E-state index contributed by atoms with van der Waals surface area (Å²) in [4.78, 5) is 4.98. The maximum absolute atomic E-state index is 6.17. The number of nitrogens with zero attached hydrogens (tertiary/aromatic N) is 2. The SMILES string of the molecule is COc1ccc(CCCN2CCN(C)CC2)cc1COc1c(C)cccc1C. The van der Waals surface area contributed by atoms with Crippen LogP contribution in [0.25, 0.3) is 0 Å². The van der Waals surface area contributed by atoms with Crippen molar-refractivity contribution in [3.63, 3.8) is 0 Å². The van der Waals surface area contributed by atoms with E-state index < -0.39 is 0 Å². The van der Waals surface area contributed by atoms with Crippen LogP contribution in [-0.4, -0.2) is 56.7 Å². The first-order valence-electron chi connectivity index (χ1n) is 10.3. The van der Waals surface area contributed by atoms with Gasteiger partial charge in [0.15, 0.2) is 0 Å². The summed E-state index contributed by atoms with van der Waals surface area (Å²) in [6.45, 7) is 10.6. The topological polar surface area (TPSA) is 24.9 Å². The summed E-state index contributed by atoms with van der Waals surface area (Å²) >= 11 is 0. The number of methoxy groups -OCH3 is 1. The summed E-state index contributed by atoms with van der Waals surface area (Å²) in [5.41, 5.74) is 4.81. The zero-order chi connectivity index (χ0) is 19.9. The minimum Gasteiger partial charge on any atom is -0.496 e. The molecule has 4 nitrogen and oxygen atoms in total. The van der Waals surface area contributed by atoms with Crippen LogP contribution in [0.5, 0.6) is 11.5 Å². The van der Waals surface area contributed by atoms with Gasteiger partial charge in [0.05, 0.1) is 7.11 Å². The van der Waals surface area contributed by atoms with Gasteiger partial charge >= 0.3 is 0 Å².